The summed E-state index contributed by atoms with van der Waals surface area (Å²) in [6.45, 7) is 8.63. The van der Waals surface area contributed by atoms with Crippen LogP contribution in [0, 0.1) is 5.41 Å². The molecule has 0 radical (unpaired) electrons. The lowest BCUT2D eigenvalue weighted by molar-refractivity contribution is -0.219. The Bertz CT molecular complexity index is 162. The molecule has 0 aromatic rings. The van der Waals surface area contributed by atoms with Crippen molar-refractivity contribution >= 4 is 0 Å². The lowest BCUT2D eigenvalue weighted by Gasteiger charge is -2.36. The van der Waals surface area contributed by atoms with Gasteiger partial charge in [0.2, 0.25) is 0 Å². The zero-order valence-electron chi connectivity index (χ0n) is 8.26. The van der Waals surface area contributed by atoms with E-state index >= 15 is 0 Å². The van der Waals surface area contributed by atoms with E-state index < -0.39 is 5.79 Å². The minimum absolute atomic E-state index is 0.0334. The van der Waals surface area contributed by atoms with Gasteiger partial charge in [-0.3, -0.25) is 0 Å². The second kappa shape index (κ2) is 2.98. The monoisotopic (exact) mass is 174 g/mol. The minimum atomic E-state index is -0.555. The number of ether oxygens (including phenoxy) is 2. The van der Waals surface area contributed by atoms with E-state index in [4.69, 9.17) is 14.6 Å². The highest BCUT2D eigenvalue weighted by Gasteiger charge is 2.46. The predicted molar refractivity (Wildman–Crippen MR) is 45.8 cm³/mol. The van der Waals surface area contributed by atoms with Gasteiger partial charge in [-0.2, -0.15) is 0 Å². The maximum atomic E-state index is 8.86. The van der Waals surface area contributed by atoms with Crippen molar-refractivity contribution in [3.8, 4) is 0 Å². The van der Waals surface area contributed by atoms with Gasteiger partial charge in [-0.25, -0.2) is 0 Å². The average molecular weight is 174 g/mol. The summed E-state index contributed by atoms with van der Waals surface area (Å²) in [5.74, 6) is -0.555. The summed E-state index contributed by atoms with van der Waals surface area (Å²) in [6.07, 6.45) is -0.158. The summed E-state index contributed by atoms with van der Waals surface area (Å²) in [7, 11) is 0. The maximum absolute atomic E-state index is 8.86. The molecule has 72 valence electrons. The molecule has 12 heavy (non-hydrogen) atoms. The van der Waals surface area contributed by atoms with Gasteiger partial charge in [0.25, 0.3) is 0 Å². The van der Waals surface area contributed by atoms with E-state index in [1.165, 1.54) is 0 Å². The van der Waals surface area contributed by atoms with Crippen LogP contribution in [0.25, 0.3) is 0 Å². The van der Waals surface area contributed by atoms with Crippen LogP contribution in [-0.2, 0) is 9.47 Å². The van der Waals surface area contributed by atoms with E-state index in [9.17, 15) is 0 Å². The molecule has 0 bridgehead atoms. The van der Waals surface area contributed by atoms with E-state index in [-0.39, 0.29) is 18.1 Å². The second-order valence-corrected chi connectivity index (χ2v) is 4.43. The molecule has 0 spiro atoms. The predicted octanol–water partition coefficient (Wildman–Crippen LogP) is 1.16. The summed E-state index contributed by atoms with van der Waals surface area (Å²) < 4.78 is 11.1. The molecule has 0 aromatic carbocycles. The Morgan fingerprint density at radius 2 is 2.08 bits per heavy atom. The minimum Gasteiger partial charge on any atom is -0.394 e. The molecule has 0 aliphatic carbocycles. The Morgan fingerprint density at radius 1 is 1.50 bits per heavy atom. The quantitative estimate of drug-likeness (QED) is 0.648. The topological polar surface area (TPSA) is 38.7 Å². The van der Waals surface area contributed by atoms with Crippen molar-refractivity contribution in [2.24, 2.45) is 5.41 Å². The fraction of sp³-hybridized carbons (Fsp3) is 1.00. The summed E-state index contributed by atoms with van der Waals surface area (Å²) in [4.78, 5) is 0. The molecule has 0 amide bonds. The third-order valence-corrected chi connectivity index (χ3v) is 2.50. The highest BCUT2D eigenvalue weighted by molar-refractivity contribution is 4.85. The highest BCUT2D eigenvalue weighted by atomic mass is 16.7. The van der Waals surface area contributed by atoms with Crippen LogP contribution in [-0.4, -0.2) is 30.2 Å². The second-order valence-electron chi connectivity index (χ2n) is 4.43. The van der Waals surface area contributed by atoms with Gasteiger partial charge in [0, 0.05) is 5.41 Å². The largest absolute Gasteiger partial charge is 0.394 e. The number of hydrogen-bond donors (Lipinski definition) is 1. The first-order valence-corrected chi connectivity index (χ1v) is 4.32. The number of aliphatic hydroxyl groups is 1. The summed E-state index contributed by atoms with van der Waals surface area (Å²) in [5.41, 5.74) is -0.0586. The standard InChI is InChI=1S/C9H18O3/c1-8(2,3)9(4)11-6-7(5-10)12-9/h7,10H,5-6H2,1-4H3. The van der Waals surface area contributed by atoms with E-state index in [0.29, 0.717) is 6.61 Å². The van der Waals surface area contributed by atoms with Gasteiger partial charge in [0.15, 0.2) is 5.79 Å². The van der Waals surface area contributed by atoms with Crippen molar-refractivity contribution in [1.29, 1.82) is 0 Å². The van der Waals surface area contributed by atoms with E-state index in [1.807, 2.05) is 6.92 Å². The molecular weight excluding hydrogens is 156 g/mol. The van der Waals surface area contributed by atoms with Crippen LogP contribution in [0.15, 0.2) is 0 Å². The van der Waals surface area contributed by atoms with E-state index in [0.717, 1.165) is 0 Å². The first kappa shape index (κ1) is 9.96. The molecule has 0 aromatic heterocycles. The molecule has 1 heterocycles. The lowest BCUT2D eigenvalue weighted by atomic mass is 9.87. The summed E-state index contributed by atoms with van der Waals surface area (Å²) >= 11 is 0. The van der Waals surface area contributed by atoms with Gasteiger partial charge >= 0.3 is 0 Å². The fourth-order valence-electron chi connectivity index (χ4n) is 1.12. The molecule has 3 nitrogen and oxygen atoms in total. The van der Waals surface area contributed by atoms with Crippen molar-refractivity contribution in [1.82, 2.24) is 0 Å². The maximum Gasteiger partial charge on any atom is 0.170 e. The van der Waals surface area contributed by atoms with E-state index in [1.54, 1.807) is 0 Å². The smallest absolute Gasteiger partial charge is 0.170 e. The first-order chi connectivity index (χ1) is 5.39. The van der Waals surface area contributed by atoms with Gasteiger partial charge in [0.1, 0.15) is 6.10 Å². The average Bonchev–Trinajstić information content (AvgIpc) is 2.31. The third kappa shape index (κ3) is 1.63. The lowest BCUT2D eigenvalue weighted by Crippen LogP contribution is -2.41. The molecule has 2 atom stereocenters. The molecular formula is C9H18O3. The third-order valence-electron chi connectivity index (χ3n) is 2.50. The van der Waals surface area contributed by atoms with Crippen LogP contribution in [0.1, 0.15) is 27.7 Å². The molecule has 1 aliphatic heterocycles. The van der Waals surface area contributed by atoms with Crippen LogP contribution in [0.2, 0.25) is 0 Å². The van der Waals surface area contributed by atoms with Gasteiger partial charge in [-0.1, -0.05) is 20.8 Å². The Kier molecular flexibility index (Phi) is 2.47. The Hall–Kier alpha value is -0.120. The van der Waals surface area contributed by atoms with Gasteiger partial charge in [-0.15, -0.1) is 0 Å². The van der Waals surface area contributed by atoms with Gasteiger partial charge < -0.3 is 14.6 Å². The molecule has 2 unspecified atom stereocenters. The summed E-state index contributed by atoms with van der Waals surface area (Å²) in [6, 6.07) is 0. The molecule has 3 heteroatoms. The van der Waals surface area contributed by atoms with Crippen LogP contribution in [0.5, 0.6) is 0 Å². The number of rotatable bonds is 1. The van der Waals surface area contributed by atoms with Gasteiger partial charge in [0.05, 0.1) is 13.2 Å². The van der Waals surface area contributed by atoms with Crippen molar-refractivity contribution < 1.29 is 14.6 Å². The summed E-state index contributed by atoms with van der Waals surface area (Å²) in [5, 5.41) is 8.86. The van der Waals surface area contributed by atoms with Crippen molar-refractivity contribution in [2.75, 3.05) is 13.2 Å². The molecule has 0 saturated carbocycles. The molecule has 1 aliphatic rings. The Labute approximate surface area is 73.7 Å². The fourth-order valence-corrected chi connectivity index (χ4v) is 1.12. The molecule has 1 rings (SSSR count). The van der Waals surface area contributed by atoms with Crippen molar-refractivity contribution in [3.63, 3.8) is 0 Å². The zero-order valence-corrected chi connectivity index (χ0v) is 8.26. The van der Waals surface area contributed by atoms with Crippen LogP contribution < -0.4 is 0 Å². The van der Waals surface area contributed by atoms with Crippen LogP contribution in [0.3, 0.4) is 0 Å². The normalized spacial score (nSPS) is 37.2. The SMILES string of the molecule is CC(C)(C)C1(C)OCC(CO)O1. The molecule has 1 fully saturated rings. The number of aliphatic hydroxyl groups excluding tert-OH is 1. The zero-order chi connectivity index (χ0) is 9.41. The van der Waals surface area contributed by atoms with Crippen molar-refractivity contribution in [3.05, 3.63) is 0 Å². The number of hydrogen-bond acceptors (Lipinski definition) is 3. The molecule has 1 saturated heterocycles. The van der Waals surface area contributed by atoms with E-state index in [2.05, 4.69) is 20.8 Å². The van der Waals surface area contributed by atoms with Gasteiger partial charge in [-0.05, 0) is 6.92 Å². The van der Waals surface area contributed by atoms with Crippen molar-refractivity contribution in [2.45, 2.75) is 39.6 Å². The highest BCUT2D eigenvalue weighted by Crippen LogP contribution is 2.39. The van der Waals surface area contributed by atoms with Crippen LogP contribution in [0.4, 0.5) is 0 Å². The Balaban J connectivity index is 2.64. The van der Waals surface area contributed by atoms with Crippen LogP contribution >= 0.6 is 0 Å². The Morgan fingerprint density at radius 3 is 2.33 bits per heavy atom. The molecule has 1 N–H and O–H groups in total. The first-order valence-electron chi connectivity index (χ1n) is 4.32.